The van der Waals surface area contributed by atoms with Gasteiger partial charge >= 0.3 is 0 Å². The standard InChI is InChI=1S/C22H25N5O2/c1-26-21-19(14-24-26)18(12-20(25-21)16-4-5-16)22(28)23-13-15-2-6-17(7-3-15)27-8-10-29-11-9-27/h2-3,6-7,12,14,16H,4-5,8-11,13H2,1H3,(H,23,28). The van der Waals surface area contributed by atoms with Gasteiger partial charge in [0.05, 0.1) is 30.4 Å². The minimum Gasteiger partial charge on any atom is -0.378 e. The fraction of sp³-hybridized carbons (Fsp3) is 0.409. The van der Waals surface area contributed by atoms with E-state index in [0.29, 0.717) is 18.0 Å². The van der Waals surface area contributed by atoms with Crippen molar-refractivity contribution in [3.8, 4) is 0 Å². The second-order valence-electron chi connectivity index (χ2n) is 7.82. The summed E-state index contributed by atoms with van der Waals surface area (Å²) in [6.45, 7) is 3.88. The molecule has 0 atom stereocenters. The van der Waals surface area contributed by atoms with Crippen molar-refractivity contribution >= 4 is 22.6 Å². The zero-order valence-electron chi connectivity index (χ0n) is 16.6. The smallest absolute Gasteiger partial charge is 0.252 e. The maximum Gasteiger partial charge on any atom is 0.252 e. The van der Waals surface area contributed by atoms with Crippen LogP contribution in [0.15, 0.2) is 36.5 Å². The van der Waals surface area contributed by atoms with Crippen LogP contribution in [0.25, 0.3) is 11.0 Å². The highest BCUT2D eigenvalue weighted by Gasteiger charge is 2.27. The number of anilines is 1. The first kappa shape index (κ1) is 18.1. The van der Waals surface area contributed by atoms with E-state index in [-0.39, 0.29) is 5.91 Å². The number of ether oxygens (including phenoxy) is 1. The molecule has 2 aromatic heterocycles. The summed E-state index contributed by atoms with van der Waals surface area (Å²) in [5, 5.41) is 8.16. The number of benzene rings is 1. The van der Waals surface area contributed by atoms with Gasteiger partial charge in [0.15, 0.2) is 5.65 Å². The molecule has 0 bridgehead atoms. The van der Waals surface area contributed by atoms with E-state index in [2.05, 4.69) is 39.6 Å². The summed E-state index contributed by atoms with van der Waals surface area (Å²) < 4.78 is 7.15. The average molecular weight is 391 g/mol. The fourth-order valence-electron chi connectivity index (χ4n) is 3.83. The molecule has 3 aromatic rings. The Morgan fingerprint density at radius 1 is 1.21 bits per heavy atom. The van der Waals surface area contributed by atoms with Crippen LogP contribution in [0.3, 0.4) is 0 Å². The number of nitrogens with one attached hydrogen (secondary N) is 1. The Labute approximate surface area is 169 Å². The lowest BCUT2D eigenvalue weighted by Gasteiger charge is -2.28. The van der Waals surface area contributed by atoms with Gasteiger partial charge in [0, 0.05) is 44.0 Å². The number of carbonyl (C=O) groups is 1. The van der Waals surface area contributed by atoms with E-state index in [4.69, 9.17) is 9.72 Å². The van der Waals surface area contributed by atoms with Gasteiger partial charge in [-0.2, -0.15) is 5.10 Å². The maximum atomic E-state index is 13.0. The lowest BCUT2D eigenvalue weighted by molar-refractivity contribution is 0.0952. The number of pyridine rings is 1. The highest BCUT2D eigenvalue weighted by molar-refractivity contribution is 6.05. The summed E-state index contributed by atoms with van der Waals surface area (Å²) in [5.41, 5.74) is 4.71. The van der Waals surface area contributed by atoms with E-state index in [1.54, 1.807) is 10.9 Å². The molecule has 1 saturated carbocycles. The zero-order valence-corrected chi connectivity index (χ0v) is 16.6. The quantitative estimate of drug-likeness (QED) is 0.724. The maximum absolute atomic E-state index is 13.0. The molecule has 1 aliphatic carbocycles. The van der Waals surface area contributed by atoms with Crippen LogP contribution in [0.2, 0.25) is 0 Å². The van der Waals surface area contributed by atoms with Crippen molar-refractivity contribution in [2.75, 3.05) is 31.2 Å². The van der Waals surface area contributed by atoms with Crippen LogP contribution in [-0.2, 0) is 18.3 Å². The Hall–Kier alpha value is -2.93. The summed E-state index contributed by atoms with van der Waals surface area (Å²) in [6.07, 6.45) is 4.02. The molecule has 1 N–H and O–H groups in total. The number of hydrogen-bond donors (Lipinski definition) is 1. The molecule has 1 aliphatic heterocycles. The molecule has 0 spiro atoms. The SMILES string of the molecule is Cn1ncc2c(C(=O)NCc3ccc(N4CCOCC4)cc3)cc(C3CC3)nc21. The Bertz CT molecular complexity index is 1030. The Morgan fingerprint density at radius 3 is 2.69 bits per heavy atom. The van der Waals surface area contributed by atoms with Crippen molar-refractivity contribution in [3.63, 3.8) is 0 Å². The number of amides is 1. The molecule has 5 rings (SSSR count). The second-order valence-corrected chi connectivity index (χ2v) is 7.82. The predicted octanol–water partition coefficient (Wildman–Crippen LogP) is 2.61. The van der Waals surface area contributed by atoms with Gasteiger partial charge in [0.1, 0.15) is 0 Å². The third-order valence-corrected chi connectivity index (χ3v) is 5.73. The van der Waals surface area contributed by atoms with Gasteiger partial charge in [-0.1, -0.05) is 12.1 Å². The molecule has 0 unspecified atom stereocenters. The van der Waals surface area contributed by atoms with Gasteiger partial charge in [0.25, 0.3) is 5.91 Å². The van der Waals surface area contributed by atoms with E-state index in [1.807, 2.05) is 13.1 Å². The van der Waals surface area contributed by atoms with E-state index in [9.17, 15) is 4.79 Å². The first-order chi connectivity index (χ1) is 14.2. The van der Waals surface area contributed by atoms with Crippen LogP contribution in [0.1, 0.15) is 40.4 Å². The molecule has 1 saturated heterocycles. The van der Waals surface area contributed by atoms with Crippen molar-refractivity contribution in [2.24, 2.45) is 7.05 Å². The van der Waals surface area contributed by atoms with Crippen LogP contribution in [0.5, 0.6) is 0 Å². The third-order valence-electron chi connectivity index (χ3n) is 5.73. The summed E-state index contributed by atoms with van der Waals surface area (Å²) in [6, 6.07) is 10.3. The molecule has 1 aromatic carbocycles. The van der Waals surface area contributed by atoms with Gasteiger partial charge in [0.2, 0.25) is 0 Å². The predicted molar refractivity (Wildman–Crippen MR) is 111 cm³/mol. The minimum atomic E-state index is -0.0791. The van der Waals surface area contributed by atoms with Crippen molar-refractivity contribution in [3.05, 3.63) is 53.3 Å². The molecule has 150 valence electrons. The molecule has 7 heteroatoms. The molecular formula is C22H25N5O2. The second kappa shape index (κ2) is 7.48. The van der Waals surface area contributed by atoms with E-state index in [0.717, 1.165) is 61.4 Å². The van der Waals surface area contributed by atoms with Gasteiger partial charge in [-0.05, 0) is 36.6 Å². The van der Waals surface area contributed by atoms with Gasteiger partial charge < -0.3 is 15.0 Å². The summed E-state index contributed by atoms with van der Waals surface area (Å²) >= 11 is 0. The number of morpholine rings is 1. The topological polar surface area (TPSA) is 72.3 Å². The van der Waals surface area contributed by atoms with Gasteiger partial charge in [-0.25, -0.2) is 4.98 Å². The van der Waals surface area contributed by atoms with Crippen LogP contribution in [0.4, 0.5) is 5.69 Å². The van der Waals surface area contributed by atoms with Crippen molar-refractivity contribution < 1.29 is 9.53 Å². The van der Waals surface area contributed by atoms with Crippen LogP contribution >= 0.6 is 0 Å². The van der Waals surface area contributed by atoms with Crippen molar-refractivity contribution in [2.45, 2.75) is 25.3 Å². The Balaban J connectivity index is 1.30. The normalized spacial score (nSPS) is 16.9. The Morgan fingerprint density at radius 2 is 1.97 bits per heavy atom. The van der Waals surface area contributed by atoms with Crippen LogP contribution < -0.4 is 10.2 Å². The lowest BCUT2D eigenvalue weighted by Crippen LogP contribution is -2.36. The molecule has 2 aliphatic rings. The van der Waals surface area contributed by atoms with Crippen molar-refractivity contribution in [1.29, 1.82) is 0 Å². The third kappa shape index (κ3) is 3.70. The number of nitrogens with zero attached hydrogens (tertiary/aromatic N) is 4. The molecule has 0 radical (unpaired) electrons. The average Bonchev–Trinajstić information content (AvgIpc) is 3.56. The first-order valence-electron chi connectivity index (χ1n) is 10.2. The van der Waals surface area contributed by atoms with Crippen LogP contribution in [-0.4, -0.2) is 47.0 Å². The summed E-state index contributed by atoms with van der Waals surface area (Å²) in [7, 11) is 1.86. The molecule has 29 heavy (non-hydrogen) atoms. The lowest BCUT2D eigenvalue weighted by atomic mass is 10.1. The zero-order chi connectivity index (χ0) is 19.8. The van der Waals surface area contributed by atoms with E-state index in [1.165, 1.54) is 5.69 Å². The number of hydrogen-bond acceptors (Lipinski definition) is 5. The minimum absolute atomic E-state index is 0.0791. The van der Waals surface area contributed by atoms with Crippen LogP contribution in [0, 0.1) is 0 Å². The van der Waals surface area contributed by atoms with Gasteiger partial charge in [-0.15, -0.1) is 0 Å². The van der Waals surface area contributed by atoms with E-state index < -0.39 is 0 Å². The number of aromatic nitrogens is 3. The monoisotopic (exact) mass is 391 g/mol. The highest BCUT2D eigenvalue weighted by atomic mass is 16.5. The molecular weight excluding hydrogens is 366 g/mol. The van der Waals surface area contributed by atoms with E-state index >= 15 is 0 Å². The number of fused-ring (bicyclic) bond motifs is 1. The first-order valence-corrected chi connectivity index (χ1v) is 10.2. The molecule has 7 nitrogen and oxygen atoms in total. The number of carbonyl (C=O) groups excluding carboxylic acids is 1. The molecule has 3 heterocycles. The largest absolute Gasteiger partial charge is 0.378 e. The summed E-state index contributed by atoms with van der Waals surface area (Å²) in [4.78, 5) is 20.0. The Kier molecular flexibility index (Phi) is 4.67. The van der Waals surface area contributed by atoms with Crippen molar-refractivity contribution in [1.82, 2.24) is 20.1 Å². The summed E-state index contributed by atoms with van der Waals surface area (Å²) in [5.74, 6) is 0.401. The number of aryl methyl sites for hydroxylation is 1. The number of rotatable bonds is 5. The fourth-order valence-corrected chi connectivity index (χ4v) is 3.83. The van der Waals surface area contributed by atoms with Gasteiger partial charge in [-0.3, -0.25) is 9.48 Å². The highest BCUT2D eigenvalue weighted by Crippen LogP contribution is 2.40. The molecule has 2 fully saturated rings. The molecule has 1 amide bonds.